The van der Waals surface area contributed by atoms with E-state index in [1.807, 2.05) is 16.9 Å². The van der Waals surface area contributed by atoms with E-state index in [0.29, 0.717) is 6.04 Å². The Labute approximate surface area is 107 Å². The number of carboxylic acid groups (broad SMARTS) is 1. The number of aromatic nitrogens is 2. The highest BCUT2D eigenvalue weighted by molar-refractivity contribution is 5.66. The molecule has 0 aromatic carbocycles. The predicted octanol–water partition coefficient (Wildman–Crippen LogP) is 1.60. The van der Waals surface area contributed by atoms with Crippen LogP contribution in [0.25, 0.3) is 0 Å². The molecular formula is C13H21N3O2. The smallest absolute Gasteiger partial charge is 0.303 e. The first-order valence-corrected chi connectivity index (χ1v) is 6.69. The third-order valence-corrected chi connectivity index (χ3v) is 3.62. The topological polar surface area (TPSA) is 58.4 Å². The molecule has 1 N–H and O–H groups in total. The molecule has 2 heterocycles. The summed E-state index contributed by atoms with van der Waals surface area (Å²) in [6, 6.07) is 2.36. The zero-order valence-corrected chi connectivity index (χ0v) is 10.7. The SMILES string of the molecule is O=C(O)CCC1CCCCN1CCn1cccn1. The minimum atomic E-state index is -0.687. The molecule has 1 atom stereocenters. The van der Waals surface area contributed by atoms with Crippen LogP contribution in [0.2, 0.25) is 0 Å². The third kappa shape index (κ3) is 3.84. The second-order valence-electron chi connectivity index (χ2n) is 4.89. The third-order valence-electron chi connectivity index (χ3n) is 3.62. The van der Waals surface area contributed by atoms with Gasteiger partial charge < -0.3 is 5.11 Å². The molecule has 0 spiro atoms. The van der Waals surface area contributed by atoms with Gasteiger partial charge in [0, 0.05) is 31.4 Å². The van der Waals surface area contributed by atoms with Gasteiger partial charge in [0.1, 0.15) is 0 Å². The Balaban J connectivity index is 1.81. The molecule has 0 bridgehead atoms. The molecule has 1 fully saturated rings. The van der Waals surface area contributed by atoms with Crippen LogP contribution in [0.1, 0.15) is 32.1 Å². The number of piperidine rings is 1. The molecule has 0 radical (unpaired) electrons. The van der Waals surface area contributed by atoms with Gasteiger partial charge in [-0.05, 0) is 31.9 Å². The highest BCUT2D eigenvalue weighted by atomic mass is 16.4. The normalized spacial score (nSPS) is 21.0. The van der Waals surface area contributed by atoms with Gasteiger partial charge in [-0.25, -0.2) is 0 Å². The fourth-order valence-corrected chi connectivity index (χ4v) is 2.64. The van der Waals surface area contributed by atoms with E-state index in [0.717, 1.165) is 32.5 Å². The van der Waals surface area contributed by atoms with Crippen LogP contribution in [0.3, 0.4) is 0 Å². The quantitative estimate of drug-likeness (QED) is 0.834. The van der Waals surface area contributed by atoms with Gasteiger partial charge in [0.15, 0.2) is 0 Å². The lowest BCUT2D eigenvalue weighted by Crippen LogP contribution is -2.41. The van der Waals surface area contributed by atoms with Crippen molar-refractivity contribution in [3.05, 3.63) is 18.5 Å². The van der Waals surface area contributed by atoms with Crippen LogP contribution in [-0.2, 0) is 11.3 Å². The van der Waals surface area contributed by atoms with Gasteiger partial charge in [0.2, 0.25) is 0 Å². The Morgan fingerprint density at radius 3 is 3.00 bits per heavy atom. The first-order valence-electron chi connectivity index (χ1n) is 6.69. The van der Waals surface area contributed by atoms with E-state index in [1.54, 1.807) is 6.20 Å². The number of rotatable bonds is 6. The molecular weight excluding hydrogens is 230 g/mol. The number of likely N-dealkylation sites (tertiary alicyclic amines) is 1. The predicted molar refractivity (Wildman–Crippen MR) is 68.3 cm³/mol. The van der Waals surface area contributed by atoms with Crippen LogP contribution in [0.15, 0.2) is 18.5 Å². The van der Waals surface area contributed by atoms with Crippen molar-refractivity contribution in [2.24, 2.45) is 0 Å². The van der Waals surface area contributed by atoms with E-state index in [-0.39, 0.29) is 6.42 Å². The largest absolute Gasteiger partial charge is 0.481 e. The molecule has 18 heavy (non-hydrogen) atoms. The molecule has 1 aliphatic rings. The number of hydrogen-bond acceptors (Lipinski definition) is 3. The summed E-state index contributed by atoms with van der Waals surface area (Å²) in [4.78, 5) is 13.1. The average molecular weight is 251 g/mol. The molecule has 0 saturated carbocycles. The molecule has 1 unspecified atom stereocenters. The van der Waals surface area contributed by atoms with E-state index in [4.69, 9.17) is 5.11 Å². The van der Waals surface area contributed by atoms with Crippen LogP contribution >= 0.6 is 0 Å². The van der Waals surface area contributed by atoms with Crippen LogP contribution in [-0.4, -0.2) is 44.9 Å². The minimum absolute atomic E-state index is 0.281. The maximum absolute atomic E-state index is 10.7. The maximum Gasteiger partial charge on any atom is 0.303 e. The zero-order valence-electron chi connectivity index (χ0n) is 10.7. The summed E-state index contributed by atoms with van der Waals surface area (Å²) < 4.78 is 1.93. The van der Waals surface area contributed by atoms with Gasteiger partial charge >= 0.3 is 5.97 Å². The highest BCUT2D eigenvalue weighted by Crippen LogP contribution is 2.20. The first-order chi connectivity index (χ1) is 8.75. The van der Waals surface area contributed by atoms with Crippen molar-refractivity contribution in [1.82, 2.24) is 14.7 Å². The molecule has 0 aliphatic carbocycles. The lowest BCUT2D eigenvalue weighted by atomic mass is 9.98. The Morgan fingerprint density at radius 1 is 1.39 bits per heavy atom. The Hall–Kier alpha value is -1.36. The Kier molecular flexibility index (Phi) is 4.75. The Bertz CT molecular complexity index is 364. The van der Waals surface area contributed by atoms with Crippen molar-refractivity contribution in [1.29, 1.82) is 0 Å². The van der Waals surface area contributed by atoms with E-state index >= 15 is 0 Å². The van der Waals surface area contributed by atoms with Crippen LogP contribution in [0, 0.1) is 0 Å². The average Bonchev–Trinajstić information content (AvgIpc) is 2.88. The summed E-state index contributed by atoms with van der Waals surface area (Å²) in [5.41, 5.74) is 0. The summed E-state index contributed by atoms with van der Waals surface area (Å²) in [5, 5.41) is 13.0. The van der Waals surface area contributed by atoms with Gasteiger partial charge in [0.05, 0.1) is 6.54 Å². The molecule has 5 nitrogen and oxygen atoms in total. The summed E-state index contributed by atoms with van der Waals surface area (Å²) in [7, 11) is 0. The highest BCUT2D eigenvalue weighted by Gasteiger charge is 2.22. The van der Waals surface area contributed by atoms with Gasteiger partial charge in [-0.15, -0.1) is 0 Å². The lowest BCUT2D eigenvalue weighted by Gasteiger charge is -2.35. The fraction of sp³-hybridized carbons (Fsp3) is 0.692. The van der Waals surface area contributed by atoms with Crippen molar-refractivity contribution < 1.29 is 9.90 Å². The molecule has 5 heteroatoms. The van der Waals surface area contributed by atoms with Crippen LogP contribution in [0.4, 0.5) is 0 Å². The van der Waals surface area contributed by atoms with Crippen LogP contribution in [0.5, 0.6) is 0 Å². The van der Waals surface area contributed by atoms with Crippen molar-refractivity contribution in [3.63, 3.8) is 0 Å². The van der Waals surface area contributed by atoms with Crippen molar-refractivity contribution in [2.45, 2.75) is 44.7 Å². The lowest BCUT2D eigenvalue weighted by molar-refractivity contribution is -0.137. The molecule has 0 amide bonds. The van der Waals surface area contributed by atoms with Crippen molar-refractivity contribution in [2.75, 3.05) is 13.1 Å². The Morgan fingerprint density at radius 2 is 2.28 bits per heavy atom. The molecule has 100 valence electrons. The number of aliphatic carboxylic acids is 1. The van der Waals surface area contributed by atoms with Crippen molar-refractivity contribution in [3.8, 4) is 0 Å². The number of carboxylic acids is 1. The molecule has 1 aromatic heterocycles. The zero-order chi connectivity index (χ0) is 12.8. The van der Waals surface area contributed by atoms with Gasteiger partial charge in [0.25, 0.3) is 0 Å². The maximum atomic E-state index is 10.7. The van der Waals surface area contributed by atoms with E-state index in [2.05, 4.69) is 10.00 Å². The van der Waals surface area contributed by atoms with Crippen LogP contribution < -0.4 is 0 Å². The number of nitrogens with zero attached hydrogens (tertiary/aromatic N) is 3. The summed E-state index contributed by atoms with van der Waals surface area (Å²) >= 11 is 0. The summed E-state index contributed by atoms with van der Waals surface area (Å²) in [6.07, 6.45) is 8.39. The van der Waals surface area contributed by atoms with Crippen molar-refractivity contribution >= 4 is 5.97 Å². The van der Waals surface area contributed by atoms with Gasteiger partial charge in [-0.2, -0.15) is 5.10 Å². The van der Waals surface area contributed by atoms with Gasteiger partial charge in [-0.1, -0.05) is 6.42 Å². The standard InChI is InChI=1S/C13H21N3O2/c17-13(18)6-5-12-4-1-2-8-15(12)10-11-16-9-3-7-14-16/h3,7,9,12H,1-2,4-6,8,10-11H2,(H,17,18). The van der Waals surface area contributed by atoms with E-state index in [9.17, 15) is 4.79 Å². The minimum Gasteiger partial charge on any atom is -0.481 e. The number of hydrogen-bond donors (Lipinski definition) is 1. The fourth-order valence-electron chi connectivity index (χ4n) is 2.64. The number of carbonyl (C=O) groups is 1. The molecule has 2 rings (SSSR count). The van der Waals surface area contributed by atoms with E-state index in [1.165, 1.54) is 12.8 Å². The second-order valence-corrected chi connectivity index (χ2v) is 4.89. The molecule has 1 aliphatic heterocycles. The van der Waals surface area contributed by atoms with Gasteiger partial charge in [-0.3, -0.25) is 14.4 Å². The molecule has 1 saturated heterocycles. The molecule has 1 aromatic rings. The summed E-state index contributed by atoms with van der Waals surface area (Å²) in [6.45, 7) is 2.94. The summed E-state index contributed by atoms with van der Waals surface area (Å²) in [5.74, 6) is -0.687. The van der Waals surface area contributed by atoms with E-state index < -0.39 is 5.97 Å². The first kappa shape index (κ1) is 13.1. The monoisotopic (exact) mass is 251 g/mol. The second kappa shape index (κ2) is 6.54.